The molecule has 1 aromatic rings. The predicted molar refractivity (Wildman–Crippen MR) is 56.9 cm³/mol. The standard InChI is InChI=1S/C10H18N4O/c1-14-8(5-6-12-14)10(13-11)9-4-2-3-7-15-9/h5-6,9-10,13H,2-4,7,11H2,1H3. The van der Waals surface area contributed by atoms with Gasteiger partial charge in [0.25, 0.3) is 0 Å². The van der Waals surface area contributed by atoms with E-state index in [0.717, 1.165) is 25.1 Å². The Labute approximate surface area is 89.6 Å². The summed E-state index contributed by atoms with van der Waals surface area (Å²) in [5, 5.41) is 4.15. The van der Waals surface area contributed by atoms with Crippen molar-refractivity contribution in [3.05, 3.63) is 18.0 Å². The minimum atomic E-state index is 0.0396. The Balaban J connectivity index is 2.12. The Hall–Kier alpha value is -0.910. The van der Waals surface area contributed by atoms with Gasteiger partial charge in [-0.25, -0.2) is 5.43 Å². The number of hydrogen-bond acceptors (Lipinski definition) is 4. The molecular formula is C10H18N4O. The van der Waals surface area contributed by atoms with Crippen LogP contribution in [0, 0.1) is 0 Å². The van der Waals surface area contributed by atoms with E-state index in [4.69, 9.17) is 10.6 Å². The molecule has 2 unspecified atom stereocenters. The maximum absolute atomic E-state index is 5.73. The van der Waals surface area contributed by atoms with Gasteiger partial charge in [-0.15, -0.1) is 0 Å². The lowest BCUT2D eigenvalue weighted by atomic mass is 10.00. The fraction of sp³-hybridized carbons (Fsp3) is 0.700. The maximum Gasteiger partial charge on any atom is 0.0890 e. The Morgan fingerprint density at radius 3 is 3.07 bits per heavy atom. The van der Waals surface area contributed by atoms with Crippen molar-refractivity contribution < 1.29 is 4.74 Å². The molecular weight excluding hydrogens is 192 g/mol. The molecule has 2 heterocycles. The molecule has 1 aromatic heterocycles. The molecule has 0 aromatic carbocycles. The number of rotatable bonds is 3. The topological polar surface area (TPSA) is 65.1 Å². The van der Waals surface area contributed by atoms with E-state index in [9.17, 15) is 0 Å². The maximum atomic E-state index is 5.73. The first-order valence-corrected chi connectivity index (χ1v) is 5.38. The normalized spacial score (nSPS) is 24.0. The molecule has 0 bridgehead atoms. The van der Waals surface area contributed by atoms with Crippen LogP contribution >= 0.6 is 0 Å². The lowest BCUT2D eigenvalue weighted by Crippen LogP contribution is -2.40. The number of nitrogens with one attached hydrogen (secondary N) is 1. The molecule has 2 rings (SSSR count). The van der Waals surface area contributed by atoms with Crippen LogP contribution in [0.4, 0.5) is 0 Å². The van der Waals surface area contributed by atoms with Gasteiger partial charge in [0.2, 0.25) is 0 Å². The molecule has 1 fully saturated rings. The summed E-state index contributed by atoms with van der Waals surface area (Å²) in [5.74, 6) is 5.59. The fourth-order valence-corrected chi connectivity index (χ4v) is 2.10. The van der Waals surface area contributed by atoms with Crippen LogP contribution in [0.1, 0.15) is 31.0 Å². The third-order valence-electron chi connectivity index (χ3n) is 2.94. The van der Waals surface area contributed by atoms with Crippen LogP contribution in [-0.4, -0.2) is 22.5 Å². The van der Waals surface area contributed by atoms with Crippen molar-refractivity contribution in [1.82, 2.24) is 15.2 Å². The summed E-state index contributed by atoms with van der Waals surface area (Å²) in [7, 11) is 1.92. The second-order valence-corrected chi connectivity index (χ2v) is 3.93. The molecule has 0 amide bonds. The lowest BCUT2D eigenvalue weighted by Gasteiger charge is -2.29. The third-order valence-corrected chi connectivity index (χ3v) is 2.94. The van der Waals surface area contributed by atoms with Gasteiger partial charge < -0.3 is 4.74 Å². The van der Waals surface area contributed by atoms with Crippen LogP contribution < -0.4 is 11.3 Å². The van der Waals surface area contributed by atoms with E-state index in [1.54, 1.807) is 6.20 Å². The van der Waals surface area contributed by atoms with Crippen molar-refractivity contribution in [2.45, 2.75) is 31.4 Å². The van der Waals surface area contributed by atoms with Crippen molar-refractivity contribution in [3.8, 4) is 0 Å². The average molecular weight is 210 g/mol. The first kappa shape index (κ1) is 10.6. The molecule has 3 N–H and O–H groups in total. The van der Waals surface area contributed by atoms with Gasteiger partial charge in [-0.1, -0.05) is 0 Å². The van der Waals surface area contributed by atoms with Gasteiger partial charge in [-0.05, 0) is 25.3 Å². The van der Waals surface area contributed by atoms with Crippen LogP contribution in [0.3, 0.4) is 0 Å². The molecule has 0 aliphatic carbocycles. The SMILES string of the molecule is Cn1nccc1C(NN)C1CCCCO1. The summed E-state index contributed by atoms with van der Waals surface area (Å²) in [6.07, 6.45) is 5.36. The Bertz CT molecular complexity index is 306. The van der Waals surface area contributed by atoms with Gasteiger partial charge in [0.1, 0.15) is 0 Å². The van der Waals surface area contributed by atoms with Crippen molar-refractivity contribution in [1.29, 1.82) is 0 Å². The molecule has 1 aliphatic rings. The first-order valence-electron chi connectivity index (χ1n) is 5.38. The van der Waals surface area contributed by atoms with Crippen LogP contribution in [0.5, 0.6) is 0 Å². The molecule has 0 spiro atoms. The van der Waals surface area contributed by atoms with Crippen molar-refractivity contribution in [3.63, 3.8) is 0 Å². The van der Waals surface area contributed by atoms with E-state index in [1.165, 1.54) is 6.42 Å². The summed E-state index contributed by atoms with van der Waals surface area (Å²) in [4.78, 5) is 0. The van der Waals surface area contributed by atoms with Gasteiger partial charge in [-0.3, -0.25) is 10.5 Å². The highest BCUT2D eigenvalue weighted by molar-refractivity contribution is 5.08. The summed E-state index contributed by atoms with van der Waals surface area (Å²) in [6, 6.07) is 2.01. The van der Waals surface area contributed by atoms with E-state index >= 15 is 0 Å². The molecule has 5 nitrogen and oxygen atoms in total. The van der Waals surface area contributed by atoms with Crippen LogP contribution in [0.2, 0.25) is 0 Å². The summed E-state index contributed by atoms with van der Waals surface area (Å²) >= 11 is 0. The van der Waals surface area contributed by atoms with E-state index in [0.29, 0.717) is 0 Å². The van der Waals surface area contributed by atoms with Gasteiger partial charge in [-0.2, -0.15) is 5.10 Å². The smallest absolute Gasteiger partial charge is 0.0890 e. The molecule has 84 valence electrons. The largest absolute Gasteiger partial charge is 0.376 e. The number of nitrogens with two attached hydrogens (primary N) is 1. The zero-order valence-corrected chi connectivity index (χ0v) is 9.02. The Kier molecular flexibility index (Phi) is 3.35. The predicted octanol–water partition coefficient (Wildman–Crippen LogP) is 0.494. The van der Waals surface area contributed by atoms with Gasteiger partial charge in [0.05, 0.1) is 17.8 Å². The van der Waals surface area contributed by atoms with Crippen molar-refractivity contribution in [2.75, 3.05) is 6.61 Å². The van der Waals surface area contributed by atoms with E-state index < -0.39 is 0 Å². The highest BCUT2D eigenvalue weighted by atomic mass is 16.5. The van der Waals surface area contributed by atoms with Crippen molar-refractivity contribution in [2.24, 2.45) is 12.9 Å². The van der Waals surface area contributed by atoms with Crippen LogP contribution in [0.15, 0.2) is 12.3 Å². The summed E-state index contributed by atoms with van der Waals surface area (Å²) < 4.78 is 7.56. The minimum absolute atomic E-state index is 0.0396. The second-order valence-electron chi connectivity index (χ2n) is 3.93. The van der Waals surface area contributed by atoms with Crippen LogP contribution in [0.25, 0.3) is 0 Å². The minimum Gasteiger partial charge on any atom is -0.376 e. The number of nitrogens with zero attached hydrogens (tertiary/aromatic N) is 2. The Morgan fingerprint density at radius 1 is 1.67 bits per heavy atom. The van der Waals surface area contributed by atoms with E-state index in [-0.39, 0.29) is 12.1 Å². The summed E-state index contributed by atoms with van der Waals surface area (Å²) in [6.45, 7) is 0.834. The second kappa shape index (κ2) is 4.74. The molecule has 1 aliphatic heterocycles. The average Bonchev–Trinajstić information content (AvgIpc) is 2.68. The molecule has 0 radical (unpaired) electrons. The van der Waals surface area contributed by atoms with Crippen molar-refractivity contribution >= 4 is 0 Å². The van der Waals surface area contributed by atoms with E-state index in [2.05, 4.69) is 10.5 Å². The highest BCUT2D eigenvalue weighted by Crippen LogP contribution is 2.25. The fourth-order valence-electron chi connectivity index (χ4n) is 2.10. The third kappa shape index (κ3) is 2.19. The molecule has 15 heavy (non-hydrogen) atoms. The number of ether oxygens (including phenoxy) is 1. The van der Waals surface area contributed by atoms with Crippen LogP contribution in [-0.2, 0) is 11.8 Å². The Morgan fingerprint density at radius 2 is 2.53 bits per heavy atom. The molecule has 2 atom stereocenters. The van der Waals surface area contributed by atoms with E-state index in [1.807, 2.05) is 17.8 Å². The number of aryl methyl sites for hydroxylation is 1. The first-order chi connectivity index (χ1) is 7.33. The number of hydrazine groups is 1. The zero-order valence-electron chi connectivity index (χ0n) is 9.02. The summed E-state index contributed by atoms with van der Waals surface area (Å²) in [5.41, 5.74) is 3.90. The van der Waals surface area contributed by atoms with Gasteiger partial charge in [0.15, 0.2) is 0 Å². The monoisotopic (exact) mass is 210 g/mol. The molecule has 0 saturated carbocycles. The molecule has 5 heteroatoms. The van der Waals surface area contributed by atoms with Gasteiger partial charge in [0, 0.05) is 19.9 Å². The lowest BCUT2D eigenvalue weighted by molar-refractivity contribution is -0.00985. The highest BCUT2D eigenvalue weighted by Gasteiger charge is 2.26. The quantitative estimate of drug-likeness (QED) is 0.563. The zero-order chi connectivity index (χ0) is 10.7. The van der Waals surface area contributed by atoms with Gasteiger partial charge >= 0.3 is 0 Å². The number of aromatic nitrogens is 2. The number of hydrogen-bond donors (Lipinski definition) is 2. The molecule has 1 saturated heterocycles.